The minimum absolute atomic E-state index is 0.174. The van der Waals surface area contributed by atoms with Gasteiger partial charge in [-0.1, -0.05) is 18.2 Å². The number of guanidine groups is 1. The van der Waals surface area contributed by atoms with Crippen LogP contribution in [0.5, 0.6) is 5.75 Å². The molecule has 1 aromatic heterocycles. The smallest absolute Gasteiger partial charge is 0.255 e. The summed E-state index contributed by atoms with van der Waals surface area (Å²) in [4.78, 5) is 22.5. The van der Waals surface area contributed by atoms with Gasteiger partial charge in [-0.15, -0.1) is 0 Å². The second-order valence-electron chi connectivity index (χ2n) is 4.69. The Balaban J connectivity index is 1.97. The van der Waals surface area contributed by atoms with Gasteiger partial charge in [0.1, 0.15) is 11.6 Å². The molecule has 0 saturated carbocycles. The zero-order valence-electron chi connectivity index (χ0n) is 12.6. The Kier molecular flexibility index (Phi) is 5.13. The normalized spacial score (nSPS) is 11.3. The summed E-state index contributed by atoms with van der Waals surface area (Å²) in [7, 11) is 1.62. The molecule has 1 heterocycles. The number of nitrogens with zero attached hydrogens (tertiary/aromatic N) is 2. The fraction of sp³-hybridized carbons (Fsp3) is 0.267. The first-order valence-electron chi connectivity index (χ1n) is 6.80. The SMILES string of the molecule is COc1ccccc1CNC(N)=NCc1cnc(C)[nH]c1=O. The van der Waals surface area contributed by atoms with E-state index in [-0.39, 0.29) is 18.1 Å². The molecule has 4 N–H and O–H groups in total. The molecule has 116 valence electrons. The van der Waals surface area contributed by atoms with Crippen LogP contribution in [-0.4, -0.2) is 23.0 Å². The lowest BCUT2D eigenvalue weighted by Crippen LogP contribution is -2.31. The van der Waals surface area contributed by atoms with Crippen molar-refractivity contribution in [1.82, 2.24) is 15.3 Å². The number of H-pyrrole nitrogens is 1. The molecule has 0 amide bonds. The third-order valence-electron chi connectivity index (χ3n) is 3.07. The molecule has 0 spiro atoms. The van der Waals surface area contributed by atoms with Crippen LogP contribution in [0.3, 0.4) is 0 Å². The van der Waals surface area contributed by atoms with Crippen LogP contribution in [0.25, 0.3) is 0 Å². The first kappa shape index (κ1) is 15.6. The summed E-state index contributed by atoms with van der Waals surface area (Å²) in [6.45, 7) is 2.38. The molecule has 1 aromatic carbocycles. The quantitative estimate of drug-likeness (QED) is 0.556. The average Bonchev–Trinajstić information content (AvgIpc) is 2.52. The molecule has 0 aliphatic rings. The second-order valence-corrected chi connectivity index (χ2v) is 4.69. The van der Waals surface area contributed by atoms with Crippen molar-refractivity contribution < 1.29 is 4.74 Å². The summed E-state index contributed by atoms with van der Waals surface area (Å²) in [5.74, 6) is 1.60. The third kappa shape index (κ3) is 4.08. The van der Waals surface area contributed by atoms with Crippen molar-refractivity contribution >= 4 is 5.96 Å². The Labute approximate surface area is 128 Å². The number of nitrogens with one attached hydrogen (secondary N) is 2. The number of rotatable bonds is 5. The number of hydrogen-bond acceptors (Lipinski definition) is 4. The van der Waals surface area contributed by atoms with E-state index in [1.54, 1.807) is 14.0 Å². The molecule has 0 saturated heterocycles. The number of aryl methyl sites for hydroxylation is 1. The first-order chi connectivity index (χ1) is 10.6. The van der Waals surface area contributed by atoms with Gasteiger partial charge >= 0.3 is 0 Å². The molecule has 7 heteroatoms. The lowest BCUT2D eigenvalue weighted by atomic mass is 10.2. The Morgan fingerprint density at radius 2 is 2.18 bits per heavy atom. The van der Waals surface area contributed by atoms with Crippen molar-refractivity contribution in [3.63, 3.8) is 0 Å². The predicted molar refractivity (Wildman–Crippen MR) is 84.8 cm³/mol. The lowest BCUT2D eigenvalue weighted by molar-refractivity contribution is 0.409. The minimum atomic E-state index is -0.200. The highest BCUT2D eigenvalue weighted by molar-refractivity contribution is 5.77. The molecule has 0 unspecified atom stereocenters. The van der Waals surface area contributed by atoms with E-state index in [4.69, 9.17) is 10.5 Å². The van der Waals surface area contributed by atoms with Crippen molar-refractivity contribution in [3.05, 3.63) is 57.8 Å². The maximum Gasteiger partial charge on any atom is 0.255 e. The topological polar surface area (TPSA) is 105 Å². The number of benzene rings is 1. The van der Waals surface area contributed by atoms with E-state index in [1.165, 1.54) is 6.20 Å². The second kappa shape index (κ2) is 7.26. The van der Waals surface area contributed by atoms with Crippen LogP contribution in [0.4, 0.5) is 0 Å². The minimum Gasteiger partial charge on any atom is -0.496 e. The average molecular weight is 301 g/mol. The van der Waals surface area contributed by atoms with Gasteiger partial charge in [0.2, 0.25) is 0 Å². The van der Waals surface area contributed by atoms with E-state index in [1.807, 2.05) is 24.3 Å². The Hall–Kier alpha value is -2.83. The highest BCUT2D eigenvalue weighted by Crippen LogP contribution is 2.16. The molecular formula is C15H19N5O2. The van der Waals surface area contributed by atoms with Gasteiger partial charge in [-0.05, 0) is 13.0 Å². The van der Waals surface area contributed by atoms with Gasteiger partial charge in [0.15, 0.2) is 5.96 Å². The number of aromatic nitrogens is 2. The van der Waals surface area contributed by atoms with Crippen molar-refractivity contribution in [2.24, 2.45) is 10.7 Å². The first-order valence-corrected chi connectivity index (χ1v) is 6.80. The predicted octanol–water partition coefficient (Wildman–Crippen LogP) is 0.691. The van der Waals surface area contributed by atoms with E-state index in [0.717, 1.165) is 11.3 Å². The van der Waals surface area contributed by atoms with Crippen molar-refractivity contribution in [1.29, 1.82) is 0 Å². The van der Waals surface area contributed by atoms with Crippen LogP contribution in [-0.2, 0) is 13.1 Å². The van der Waals surface area contributed by atoms with Crippen LogP contribution in [0.1, 0.15) is 17.0 Å². The van der Waals surface area contributed by atoms with Gasteiger partial charge in [-0.3, -0.25) is 4.79 Å². The van der Waals surface area contributed by atoms with E-state index >= 15 is 0 Å². The van der Waals surface area contributed by atoms with Crippen molar-refractivity contribution in [2.45, 2.75) is 20.0 Å². The molecule has 0 aliphatic carbocycles. The molecule has 2 rings (SSSR count). The Morgan fingerprint density at radius 3 is 2.91 bits per heavy atom. The summed E-state index contributed by atoms with van der Waals surface area (Å²) in [5, 5.41) is 2.99. The van der Waals surface area contributed by atoms with E-state index in [0.29, 0.717) is 17.9 Å². The van der Waals surface area contributed by atoms with Gasteiger partial charge < -0.3 is 20.8 Å². The van der Waals surface area contributed by atoms with Crippen LogP contribution in [0, 0.1) is 6.92 Å². The standard InChI is InChI=1S/C15H19N5O2/c1-10-17-8-12(14(21)20-10)9-19-15(16)18-7-11-5-3-4-6-13(11)22-2/h3-6,8H,7,9H2,1-2H3,(H3,16,18,19)(H,17,20,21). The highest BCUT2D eigenvalue weighted by Gasteiger charge is 2.03. The fourth-order valence-corrected chi connectivity index (χ4v) is 1.88. The van der Waals surface area contributed by atoms with Gasteiger partial charge in [-0.25, -0.2) is 9.98 Å². The molecule has 7 nitrogen and oxygen atoms in total. The Morgan fingerprint density at radius 1 is 1.41 bits per heavy atom. The van der Waals surface area contributed by atoms with Crippen LogP contribution >= 0.6 is 0 Å². The molecule has 0 fully saturated rings. The summed E-state index contributed by atoms with van der Waals surface area (Å²) in [6, 6.07) is 7.64. The van der Waals surface area contributed by atoms with E-state index in [2.05, 4.69) is 20.3 Å². The number of methoxy groups -OCH3 is 1. The fourth-order valence-electron chi connectivity index (χ4n) is 1.88. The van der Waals surface area contributed by atoms with Crippen LogP contribution < -0.4 is 21.3 Å². The summed E-state index contributed by atoms with van der Waals surface area (Å²) in [5.41, 5.74) is 7.04. The summed E-state index contributed by atoms with van der Waals surface area (Å²) in [6.07, 6.45) is 1.51. The summed E-state index contributed by atoms with van der Waals surface area (Å²) >= 11 is 0. The van der Waals surface area contributed by atoms with Gasteiger partial charge in [0, 0.05) is 18.3 Å². The van der Waals surface area contributed by atoms with Gasteiger partial charge in [0.05, 0.1) is 19.2 Å². The molecule has 22 heavy (non-hydrogen) atoms. The monoisotopic (exact) mass is 301 g/mol. The van der Waals surface area contributed by atoms with Crippen molar-refractivity contribution in [2.75, 3.05) is 7.11 Å². The zero-order chi connectivity index (χ0) is 15.9. The lowest BCUT2D eigenvalue weighted by Gasteiger charge is -2.09. The number of aliphatic imine (C=N–C) groups is 1. The van der Waals surface area contributed by atoms with Gasteiger partial charge in [-0.2, -0.15) is 0 Å². The van der Waals surface area contributed by atoms with Crippen molar-refractivity contribution in [3.8, 4) is 5.75 Å². The zero-order valence-corrected chi connectivity index (χ0v) is 12.6. The number of nitrogens with two attached hydrogens (primary N) is 1. The summed E-state index contributed by atoms with van der Waals surface area (Å²) < 4.78 is 5.26. The van der Waals surface area contributed by atoms with E-state index < -0.39 is 0 Å². The number of ether oxygens (including phenoxy) is 1. The number of para-hydroxylation sites is 1. The molecule has 0 radical (unpaired) electrons. The molecular weight excluding hydrogens is 282 g/mol. The number of aromatic amines is 1. The van der Waals surface area contributed by atoms with Crippen LogP contribution in [0.15, 0.2) is 40.2 Å². The highest BCUT2D eigenvalue weighted by atomic mass is 16.5. The van der Waals surface area contributed by atoms with Gasteiger partial charge in [0.25, 0.3) is 5.56 Å². The number of hydrogen-bond donors (Lipinski definition) is 3. The molecule has 0 atom stereocenters. The Bertz CT molecular complexity index is 724. The molecule has 0 bridgehead atoms. The van der Waals surface area contributed by atoms with E-state index in [9.17, 15) is 4.79 Å². The van der Waals surface area contributed by atoms with Crippen LogP contribution in [0.2, 0.25) is 0 Å². The molecule has 2 aromatic rings. The maximum absolute atomic E-state index is 11.7. The third-order valence-corrected chi connectivity index (χ3v) is 3.07. The largest absolute Gasteiger partial charge is 0.496 e. The molecule has 0 aliphatic heterocycles. The maximum atomic E-state index is 11.7.